The van der Waals surface area contributed by atoms with E-state index in [1.54, 1.807) is 11.4 Å². The molecule has 0 saturated heterocycles. The molecule has 7 heteroatoms. The molecule has 0 amide bonds. The van der Waals surface area contributed by atoms with Gasteiger partial charge in [0.15, 0.2) is 5.78 Å². The van der Waals surface area contributed by atoms with E-state index >= 15 is 0 Å². The minimum Gasteiger partial charge on any atom is -0.294 e. The second-order valence-electron chi connectivity index (χ2n) is 6.12. The highest BCUT2D eigenvalue weighted by molar-refractivity contribution is 7.14. The molecule has 2 aromatic carbocycles. The van der Waals surface area contributed by atoms with Crippen molar-refractivity contribution >= 4 is 28.0 Å². The number of alkyl halides is 3. The maximum atomic E-state index is 12.8. The van der Waals surface area contributed by atoms with E-state index in [1.165, 1.54) is 23.5 Å². The Kier molecular flexibility index (Phi) is 4.31. The van der Waals surface area contributed by atoms with Crippen LogP contribution in [0.3, 0.4) is 0 Å². The number of Topliss-reactive ketones (excluding diaryl/α,β-unsaturated/α-hetero) is 1. The molecule has 27 heavy (non-hydrogen) atoms. The van der Waals surface area contributed by atoms with Crippen LogP contribution in [0.15, 0.2) is 60.0 Å². The Morgan fingerprint density at radius 1 is 1.07 bits per heavy atom. The van der Waals surface area contributed by atoms with Gasteiger partial charge in [0.05, 0.1) is 16.0 Å². The first-order valence-electron chi connectivity index (χ1n) is 8.13. The van der Waals surface area contributed by atoms with Gasteiger partial charge >= 0.3 is 6.18 Å². The molecule has 136 valence electrons. The third-order valence-electron chi connectivity index (χ3n) is 4.24. The lowest BCUT2D eigenvalue weighted by atomic mass is 10.0. The van der Waals surface area contributed by atoms with Crippen LogP contribution in [-0.4, -0.2) is 16.0 Å². The van der Waals surface area contributed by atoms with Crippen LogP contribution in [0, 0.1) is 0 Å². The van der Waals surface area contributed by atoms with E-state index in [9.17, 15) is 18.0 Å². The Balaban J connectivity index is 1.58. The second kappa shape index (κ2) is 6.66. The van der Waals surface area contributed by atoms with Gasteiger partial charge in [-0.3, -0.25) is 9.89 Å². The predicted molar refractivity (Wildman–Crippen MR) is 98.9 cm³/mol. The van der Waals surface area contributed by atoms with Crippen molar-refractivity contribution in [2.24, 2.45) is 0 Å². The van der Waals surface area contributed by atoms with Crippen LogP contribution >= 0.6 is 11.3 Å². The number of para-hydroxylation sites is 1. The summed E-state index contributed by atoms with van der Waals surface area (Å²) in [6.07, 6.45) is -4.50. The number of aromatic nitrogens is 2. The number of carbonyl (C=O) groups is 1. The van der Waals surface area contributed by atoms with Crippen molar-refractivity contribution in [1.82, 2.24) is 10.2 Å². The van der Waals surface area contributed by atoms with Crippen LogP contribution < -0.4 is 0 Å². The average molecular weight is 386 g/mol. The van der Waals surface area contributed by atoms with Crippen molar-refractivity contribution in [2.45, 2.75) is 12.6 Å². The second-order valence-corrected chi connectivity index (χ2v) is 7.03. The number of fused-ring (bicyclic) bond motifs is 1. The van der Waals surface area contributed by atoms with Gasteiger partial charge < -0.3 is 0 Å². The molecule has 0 radical (unpaired) electrons. The van der Waals surface area contributed by atoms with E-state index in [0.717, 1.165) is 33.6 Å². The molecule has 0 aliphatic heterocycles. The minimum atomic E-state index is -4.42. The van der Waals surface area contributed by atoms with E-state index in [0.29, 0.717) is 11.1 Å². The fourth-order valence-corrected chi connectivity index (χ4v) is 3.82. The molecule has 0 unspecified atom stereocenters. The summed E-state index contributed by atoms with van der Waals surface area (Å²) in [6, 6.07) is 14.3. The van der Waals surface area contributed by atoms with Gasteiger partial charge in [0.2, 0.25) is 0 Å². The summed E-state index contributed by atoms with van der Waals surface area (Å²) in [7, 11) is 0. The van der Waals surface area contributed by atoms with Gasteiger partial charge in [0.25, 0.3) is 0 Å². The molecule has 0 atom stereocenters. The fourth-order valence-electron chi connectivity index (χ4n) is 2.90. The molecule has 0 aliphatic rings. The normalized spacial score (nSPS) is 11.8. The van der Waals surface area contributed by atoms with E-state index in [4.69, 9.17) is 0 Å². The number of benzene rings is 2. The van der Waals surface area contributed by atoms with Gasteiger partial charge in [0.1, 0.15) is 5.69 Å². The summed E-state index contributed by atoms with van der Waals surface area (Å²) in [6.45, 7) is 0. The third-order valence-corrected chi connectivity index (χ3v) is 5.18. The SMILES string of the molecule is O=C(Cc1cccc(C(F)(F)F)c1)c1csc(-c2n[nH]c3ccccc23)c1. The van der Waals surface area contributed by atoms with Crippen LogP contribution in [0.2, 0.25) is 0 Å². The van der Waals surface area contributed by atoms with Gasteiger partial charge in [-0.1, -0.05) is 36.4 Å². The van der Waals surface area contributed by atoms with E-state index < -0.39 is 11.7 Å². The summed E-state index contributed by atoms with van der Waals surface area (Å²) < 4.78 is 38.5. The minimum absolute atomic E-state index is 0.0819. The zero-order valence-corrected chi connectivity index (χ0v) is 14.7. The van der Waals surface area contributed by atoms with Crippen molar-refractivity contribution in [3.05, 3.63) is 76.7 Å². The summed E-state index contributed by atoms with van der Waals surface area (Å²) >= 11 is 1.39. The topological polar surface area (TPSA) is 45.8 Å². The number of hydrogen-bond acceptors (Lipinski definition) is 3. The van der Waals surface area contributed by atoms with Crippen molar-refractivity contribution in [3.8, 4) is 10.6 Å². The van der Waals surface area contributed by atoms with Crippen molar-refractivity contribution < 1.29 is 18.0 Å². The van der Waals surface area contributed by atoms with Gasteiger partial charge in [0, 0.05) is 22.8 Å². The van der Waals surface area contributed by atoms with Crippen LogP contribution in [-0.2, 0) is 12.6 Å². The number of nitrogens with one attached hydrogen (secondary N) is 1. The molecule has 0 bridgehead atoms. The highest BCUT2D eigenvalue weighted by Gasteiger charge is 2.30. The number of aromatic amines is 1. The summed E-state index contributed by atoms with van der Waals surface area (Å²) in [5.74, 6) is -0.225. The lowest BCUT2D eigenvalue weighted by molar-refractivity contribution is -0.137. The smallest absolute Gasteiger partial charge is 0.294 e. The molecular formula is C20H13F3N2OS. The third kappa shape index (κ3) is 3.50. The Labute approximate surface area is 156 Å². The summed E-state index contributed by atoms with van der Waals surface area (Å²) in [5, 5.41) is 9.93. The van der Waals surface area contributed by atoms with Crippen molar-refractivity contribution in [3.63, 3.8) is 0 Å². The van der Waals surface area contributed by atoms with Gasteiger partial charge in [-0.05, 0) is 23.8 Å². The quantitative estimate of drug-likeness (QED) is 0.455. The van der Waals surface area contributed by atoms with Crippen LogP contribution in [0.25, 0.3) is 21.5 Å². The van der Waals surface area contributed by atoms with Crippen LogP contribution in [0.1, 0.15) is 21.5 Å². The number of ketones is 1. The number of halogens is 3. The molecule has 4 aromatic rings. The standard InChI is InChI=1S/C20H13F3N2OS/c21-20(22,23)14-5-3-4-12(8-14)9-17(26)13-10-18(27-11-13)19-15-6-1-2-7-16(15)24-25-19/h1-8,10-11H,9H2,(H,24,25). The largest absolute Gasteiger partial charge is 0.416 e. The first kappa shape index (κ1) is 17.5. The first-order chi connectivity index (χ1) is 12.9. The van der Waals surface area contributed by atoms with Crippen LogP contribution in [0.4, 0.5) is 13.2 Å². The zero-order valence-electron chi connectivity index (χ0n) is 13.9. The molecule has 2 heterocycles. The van der Waals surface area contributed by atoms with Crippen LogP contribution in [0.5, 0.6) is 0 Å². The Morgan fingerprint density at radius 2 is 1.89 bits per heavy atom. The summed E-state index contributed by atoms with van der Waals surface area (Å²) in [5.41, 5.74) is 1.72. The summed E-state index contributed by atoms with van der Waals surface area (Å²) in [4.78, 5) is 13.4. The molecule has 4 rings (SSSR count). The number of thiophene rings is 1. The lowest BCUT2D eigenvalue weighted by Crippen LogP contribution is -2.07. The maximum absolute atomic E-state index is 12.8. The van der Waals surface area contributed by atoms with E-state index in [-0.39, 0.29) is 12.2 Å². The van der Waals surface area contributed by atoms with Gasteiger partial charge in [-0.15, -0.1) is 11.3 Å². The number of nitrogens with zero attached hydrogens (tertiary/aromatic N) is 1. The fraction of sp³-hybridized carbons (Fsp3) is 0.100. The maximum Gasteiger partial charge on any atom is 0.416 e. The number of carbonyl (C=O) groups excluding carboxylic acids is 1. The Bertz CT molecular complexity index is 1130. The predicted octanol–water partition coefficient (Wildman–Crippen LogP) is 5.74. The average Bonchev–Trinajstić information content (AvgIpc) is 3.28. The molecule has 0 fully saturated rings. The van der Waals surface area contributed by atoms with Gasteiger partial charge in [-0.25, -0.2) is 0 Å². The number of rotatable bonds is 4. The Hall–Kier alpha value is -2.93. The van der Waals surface area contributed by atoms with E-state index in [2.05, 4.69) is 10.2 Å². The van der Waals surface area contributed by atoms with Crippen molar-refractivity contribution in [2.75, 3.05) is 0 Å². The molecule has 1 N–H and O–H groups in total. The first-order valence-corrected chi connectivity index (χ1v) is 9.01. The number of hydrogen-bond donors (Lipinski definition) is 1. The Morgan fingerprint density at radius 3 is 2.70 bits per heavy atom. The molecule has 2 aromatic heterocycles. The molecule has 3 nitrogen and oxygen atoms in total. The molecule has 0 spiro atoms. The van der Waals surface area contributed by atoms with Crippen molar-refractivity contribution in [1.29, 1.82) is 0 Å². The van der Waals surface area contributed by atoms with E-state index in [1.807, 2.05) is 24.3 Å². The van der Waals surface area contributed by atoms with Gasteiger partial charge in [-0.2, -0.15) is 18.3 Å². The highest BCUT2D eigenvalue weighted by Crippen LogP contribution is 2.32. The zero-order chi connectivity index (χ0) is 19.0. The molecule has 0 aliphatic carbocycles. The monoisotopic (exact) mass is 386 g/mol. The molecular weight excluding hydrogens is 373 g/mol. The lowest BCUT2D eigenvalue weighted by Gasteiger charge is -2.08. The molecule has 0 saturated carbocycles. The number of H-pyrrole nitrogens is 1. The highest BCUT2D eigenvalue weighted by atomic mass is 32.1.